The fourth-order valence-corrected chi connectivity index (χ4v) is 2.12. The minimum Gasteiger partial charge on any atom is -0.491 e. The van der Waals surface area contributed by atoms with E-state index >= 15 is 0 Å². The van der Waals surface area contributed by atoms with E-state index in [0.717, 1.165) is 18.1 Å². The molecule has 112 valence electrons. The van der Waals surface area contributed by atoms with Gasteiger partial charge in [-0.05, 0) is 18.8 Å². The van der Waals surface area contributed by atoms with Crippen LogP contribution in [0.25, 0.3) is 0 Å². The van der Waals surface area contributed by atoms with Crippen molar-refractivity contribution in [3.05, 3.63) is 40.8 Å². The van der Waals surface area contributed by atoms with Crippen LogP contribution in [0, 0.1) is 5.92 Å². The third-order valence-electron chi connectivity index (χ3n) is 3.61. The lowest BCUT2D eigenvalue weighted by atomic mass is 10.2. The number of methoxy groups -OCH3 is 1. The van der Waals surface area contributed by atoms with Crippen LogP contribution in [0.1, 0.15) is 18.5 Å². The van der Waals surface area contributed by atoms with E-state index in [-0.39, 0.29) is 5.69 Å². The Morgan fingerprint density at radius 3 is 2.95 bits per heavy atom. The van der Waals surface area contributed by atoms with Gasteiger partial charge in [0.2, 0.25) is 0 Å². The molecule has 0 bridgehead atoms. The highest BCUT2D eigenvalue weighted by molar-refractivity contribution is 5.39. The van der Waals surface area contributed by atoms with Gasteiger partial charge in [0.05, 0.1) is 19.9 Å². The number of pyridine rings is 1. The predicted octanol–water partition coefficient (Wildman–Crippen LogP) is 1.61. The highest BCUT2D eigenvalue weighted by Crippen LogP contribution is 2.32. The van der Waals surface area contributed by atoms with Crippen LogP contribution < -0.4 is 15.2 Å². The molecule has 0 aromatic carbocycles. The SMILES string of the molecule is COc1cnc(CCn2cc[nH]c2=O)cc1OCC1CC1. The van der Waals surface area contributed by atoms with E-state index in [1.165, 1.54) is 12.8 Å². The zero-order valence-electron chi connectivity index (χ0n) is 12.0. The average molecular weight is 289 g/mol. The van der Waals surface area contributed by atoms with E-state index in [4.69, 9.17) is 9.47 Å². The van der Waals surface area contributed by atoms with Gasteiger partial charge in [0.1, 0.15) is 0 Å². The van der Waals surface area contributed by atoms with E-state index in [1.807, 2.05) is 6.07 Å². The van der Waals surface area contributed by atoms with Gasteiger partial charge in [-0.3, -0.25) is 9.55 Å². The molecule has 1 fully saturated rings. The molecule has 0 aliphatic heterocycles. The van der Waals surface area contributed by atoms with Crippen molar-refractivity contribution in [1.29, 1.82) is 0 Å². The van der Waals surface area contributed by atoms with Crippen molar-refractivity contribution in [1.82, 2.24) is 14.5 Å². The summed E-state index contributed by atoms with van der Waals surface area (Å²) in [5.41, 5.74) is 0.781. The molecular formula is C15H19N3O3. The lowest BCUT2D eigenvalue weighted by Gasteiger charge is -2.11. The Bertz CT molecular complexity index is 658. The molecule has 6 heteroatoms. The van der Waals surface area contributed by atoms with Gasteiger partial charge in [0.25, 0.3) is 0 Å². The second-order valence-electron chi connectivity index (χ2n) is 5.29. The van der Waals surface area contributed by atoms with Gasteiger partial charge in [-0.25, -0.2) is 4.79 Å². The van der Waals surface area contributed by atoms with Crippen molar-refractivity contribution in [2.24, 2.45) is 5.92 Å². The Hall–Kier alpha value is -2.24. The van der Waals surface area contributed by atoms with Crippen LogP contribution in [-0.4, -0.2) is 28.3 Å². The molecule has 0 saturated heterocycles. The Balaban J connectivity index is 1.68. The first-order chi connectivity index (χ1) is 10.3. The molecule has 1 aliphatic rings. The van der Waals surface area contributed by atoms with Crippen molar-refractivity contribution < 1.29 is 9.47 Å². The standard InChI is InChI=1S/C15H19N3O3/c1-20-14-9-17-12(4-6-18-7-5-16-15(18)19)8-13(14)21-10-11-2-3-11/h5,7-9,11H,2-4,6,10H2,1H3,(H,16,19). The van der Waals surface area contributed by atoms with E-state index < -0.39 is 0 Å². The van der Waals surface area contributed by atoms with Crippen molar-refractivity contribution >= 4 is 0 Å². The fraction of sp³-hybridized carbons (Fsp3) is 0.467. The van der Waals surface area contributed by atoms with E-state index in [1.54, 1.807) is 30.3 Å². The lowest BCUT2D eigenvalue weighted by molar-refractivity contribution is 0.279. The van der Waals surface area contributed by atoms with Gasteiger partial charge in [-0.1, -0.05) is 0 Å². The molecule has 0 spiro atoms. The molecule has 1 N–H and O–H groups in total. The summed E-state index contributed by atoms with van der Waals surface area (Å²) >= 11 is 0. The summed E-state index contributed by atoms with van der Waals surface area (Å²) in [7, 11) is 1.61. The zero-order chi connectivity index (χ0) is 14.7. The van der Waals surface area contributed by atoms with Gasteiger partial charge < -0.3 is 14.5 Å². The number of hydrogen-bond acceptors (Lipinski definition) is 4. The highest BCUT2D eigenvalue weighted by atomic mass is 16.5. The Morgan fingerprint density at radius 1 is 1.43 bits per heavy atom. The zero-order valence-corrected chi connectivity index (χ0v) is 12.0. The lowest BCUT2D eigenvalue weighted by Crippen LogP contribution is -2.17. The quantitative estimate of drug-likeness (QED) is 0.841. The van der Waals surface area contributed by atoms with Crippen molar-refractivity contribution in [3.8, 4) is 11.5 Å². The van der Waals surface area contributed by atoms with Crippen LogP contribution in [0.15, 0.2) is 29.5 Å². The van der Waals surface area contributed by atoms with Crippen LogP contribution in [0.3, 0.4) is 0 Å². The molecule has 3 rings (SSSR count). The molecule has 0 atom stereocenters. The second kappa shape index (κ2) is 6.03. The maximum absolute atomic E-state index is 11.4. The third-order valence-corrected chi connectivity index (χ3v) is 3.61. The van der Waals surface area contributed by atoms with E-state index in [0.29, 0.717) is 24.6 Å². The molecule has 1 saturated carbocycles. The number of nitrogens with one attached hydrogen (secondary N) is 1. The van der Waals surface area contributed by atoms with Gasteiger partial charge in [0, 0.05) is 37.1 Å². The summed E-state index contributed by atoms with van der Waals surface area (Å²) in [5.74, 6) is 2.07. The number of imidazole rings is 1. The molecule has 2 aromatic rings. The predicted molar refractivity (Wildman–Crippen MR) is 77.8 cm³/mol. The molecule has 0 amide bonds. The monoisotopic (exact) mass is 289 g/mol. The summed E-state index contributed by atoms with van der Waals surface area (Å²) in [4.78, 5) is 18.4. The molecule has 2 aromatic heterocycles. The summed E-state index contributed by atoms with van der Waals surface area (Å²) in [6.07, 6.45) is 8.21. The Labute approximate surface area is 122 Å². The number of hydrogen-bond donors (Lipinski definition) is 1. The third kappa shape index (κ3) is 3.45. The molecular weight excluding hydrogens is 270 g/mol. The normalized spacial score (nSPS) is 14.1. The Kier molecular flexibility index (Phi) is 3.94. The van der Waals surface area contributed by atoms with Crippen LogP contribution >= 0.6 is 0 Å². The maximum Gasteiger partial charge on any atom is 0.325 e. The molecule has 21 heavy (non-hydrogen) atoms. The number of H-pyrrole nitrogens is 1. The largest absolute Gasteiger partial charge is 0.491 e. The second-order valence-corrected chi connectivity index (χ2v) is 5.29. The maximum atomic E-state index is 11.4. The van der Waals surface area contributed by atoms with E-state index in [2.05, 4.69) is 9.97 Å². The topological polar surface area (TPSA) is 69.1 Å². The first-order valence-corrected chi connectivity index (χ1v) is 7.16. The molecule has 1 aliphatic carbocycles. The number of aryl methyl sites for hydroxylation is 2. The van der Waals surface area contributed by atoms with Crippen LogP contribution in [-0.2, 0) is 13.0 Å². The molecule has 2 heterocycles. The van der Waals surface area contributed by atoms with Crippen molar-refractivity contribution in [2.45, 2.75) is 25.8 Å². The van der Waals surface area contributed by atoms with E-state index in [9.17, 15) is 4.79 Å². The minimum absolute atomic E-state index is 0.103. The number of nitrogens with zero attached hydrogens (tertiary/aromatic N) is 2. The van der Waals surface area contributed by atoms with Crippen LogP contribution in [0.4, 0.5) is 0 Å². The summed E-state index contributed by atoms with van der Waals surface area (Å²) < 4.78 is 12.7. The first-order valence-electron chi connectivity index (χ1n) is 7.16. The summed E-state index contributed by atoms with van der Waals surface area (Å²) in [6, 6.07) is 1.90. The van der Waals surface area contributed by atoms with Gasteiger partial charge in [-0.15, -0.1) is 0 Å². The number of ether oxygens (including phenoxy) is 2. The Morgan fingerprint density at radius 2 is 2.29 bits per heavy atom. The number of aromatic amines is 1. The molecule has 6 nitrogen and oxygen atoms in total. The fourth-order valence-electron chi connectivity index (χ4n) is 2.12. The molecule has 0 unspecified atom stereocenters. The van der Waals surface area contributed by atoms with Gasteiger partial charge in [-0.2, -0.15) is 0 Å². The van der Waals surface area contributed by atoms with Crippen LogP contribution in [0.5, 0.6) is 11.5 Å². The van der Waals surface area contributed by atoms with Crippen molar-refractivity contribution in [3.63, 3.8) is 0 Å². The summed E-state index contributed by atoms with van der Waals surface area (Å²) in [6.45, 7) is 1.32. The number of aromatic nitrogens is 3. The average Bonchev–Trinajstić information content (AvgIpc) is 3.24. The first kappa shape index (κ1) is 13.7. The van der Waals surface area contributed by atoms with Gasteiger partial charge in [0.15, 0.2) is 11.5 Å². The smallest absolute Gasteiger partial charge is 0.325 e. The minimum atomic E-state index is -0.103. The van der Waals surface area contributed by atoms with Crippen LogP contribution in [0.2, 0.25) is 0 Å². The highest BCUT2D eigenvalue weighted by Gasteiger charge is 2.22. The number of rotatable bonds is 7. The van der Waals surface area contributed by atoms with Gasteiger partial charge >= 0.3 is 5.69 Å². The summed E-state index contributed by atoms with van der Waals surface area (Å²) in [5, 5.41) is 0. The van der Waals surface area contributed by atoms with Crippen molar-refractivity contribution in [2.75, 3.05) is 13.7 Å². The molecule has 0 radical (unpaired) electrons.